The zero-order chi connectivity index (χ0) is 13.9. The Bertz CT molecular complexity index is 578. The Morgan fingerprint density at radius 1 is 1.35 bits per heavy atom. The Morgan fingerprint density at radius 2 is 2.20 bits per heavy atom. The Labute approximate surface area is 133 Å². The van der Waals surface area contributed by atoms with Crippen LogP contribution >= 0.6 is 27.3 Å². The molecule has 1 heterocycles. The minimum absolute atomic E-state index is 0.481. The van der Waals surface area contributed by atoms with Crippen LogP contribution in [-0.2, 0) is 12.8 Å². The van der Waals surface area contributed by atoms with Gasteiger partial charge in [0, 0.05) is 20.8 Å². The van der Waals surface area contributed by atoms with Gasteiger partial charge in [-0.3, -0.25) is 0 Å². The third kappa shape index (κ3) is 3.00. The largest absolute Gasteiger partial charge is 0.313 e. The van der Waals surface area contributed by atoms with E-state index in [0.29, 0.717) is 12.0 Å². The summed E-state index contributed by atoms with van der Waals surface area (Å²) in [6, 6.07) is 11.7. The van der Waals surface area contributed by atoms with Gasteiger partial charge in [-0.25, -0.2) is 0 Å². The molecular weight excluding hydrogens is 330 g/mol. The van der Waals surface area contributed by atoms with E-state index in [-0.39, 0.29) is 0 Å². The predicted octanol–water partition coefficient (Wildman–Crippen LogP) is 4.97. The maximum absolute atomic E-state index is 3.57. The van der Waals surface area contributed by atoms with Crippen molar-refractivity contribution in [3.8, 4) is 0 Å². The summed E-state index contributed by atoms with van der Waals surface area (Å²) >= 11 is 5.43. The Kier molecular flexibility index (Phi) is 4.59. The zero-order valence-corrected chi connectivity index (χ0v) is 14.1. The molecule has 106 valence electrons. The van der Waals surface area contributed by atoms with Crippen LogP contribution in [0.1, 0.15) is 34.9 Å². The average Bonchev–Trinajstić information content (AvgIpc) is 2.78. The maximum atomic E-state index is 3.57. The van der Waals surface area contributed by atoms with Crippen LogP contribution in [0, 0.1) is 5.92 Å². The first-order chi connectivity index (χ1) is 9.78. The molecule has 0 saturated heterocycles. The van der Waals surface area contributed by atoms with Crippen molar-refractivity contribution in [3.63, 3.8) is 0 Å². The molecular formula is C17H20BrNS. The molecule has 0 spiro atoms. The van der Waals surface area contributed by atoms with Gasteiger partial charge in [0.2, 0.25) is 0 Å². The molecule has 2 aromatic rings. The van der Waals surface area contributed by atoms with Crippen molar-refractivity contribution in [2.75, 3.05) is 7.05 Å². The summed E-state index contributed by atoms with van der Waals surface area (Å²) in [5.41, 5.74) is 3.04. The minimum Gasteiger partial charge on any atom is -0.313 e. The highest BCUT2D eigenvalue weighted by molar-refractivity contribution is 9.10. The first kappa shape index (κ1) is 14.3. The molecule has 1 aromatic heterocycles. The topological polar surface area (TPSA) is 12.0 Å². The molecule has 0 amide bonds. The van der Waals surface area contributed by atoms with Crippen LogP contribution in [-0.4, -0.2) is 7.05 Å². The molecule has 0 saturated carbocycles. The number of fused-ring (bicyclic) bond motifs is 1. The fraction of sp³-hybridized carbons (Fsp3) is 0.412. The summed E-state index contributed by atoms with van der Waals surface area (Å²) in [4.78, 5) is 1.49. The molecule has 1 aliphatic rings. The van der Waals surface area contributed by atoms with Crippen LogP contribution in [0.25, 0.3) is 0 Å². The summed E-state index contributed by atoms with van der Waals surface area (Å²) in [5.74, 6) is 0.689. The van der Waals surface area contributed by atoms with E-state index in [4.69, 9.17) is 0 Å². The quantitative estimate of drug-likeness (QED) is 0.771. The van der Waals surface area contributed by atoms with Crippen molar-refractivity contribution in [3.05, 3.63) is 56.2 Å². The molecule has 2 unspecified atom stereocenters. The summed E-state index contributed by atoms with van der Waals surface area (Å²) in [6.45, 7) is 0. The third-order valence-corrected chi connectivity index (χ3v) is 6.00. The molecule has 3 heteroatoms. The van der Waals surface area contributed by atoms with E-state index in [2.05, 4.69) is 64.0 Å². The molecule has 0 radical (unpaired) electrons. The Hall–Kier alpha value is -0.640. The first-order valence-corrected chi connectivity index (χ1v) is 8.93. The molecule has 1 aliphatic carbocycles. The van der Waals surface area contributed by atoms with Crippen molar-refractivity contribution in [1.29, 1.82) is 0 Å². The lowest BCUT2D eigenvalue weighted by atomic mass is 9.88. The van der Waals surface area contributed by atoms with Gasteiger partial charge in [0.05, 0.1) is 0 Å². The van der Waals surface area contributed by atoms with Gasteiger partial charge >= 0.3 is 0 Å². The molecule has 0 aliphatic heterocycles. The lowest BCUT2D eigenvalue weighted by molar-refractivity contribution is 0.361. The number of hydrogen-bond acceptors (Lipinski definition) is 2. The number of aryl methyl sites for hydroxylation is 1. The van der Waals surface area contributed by atoms with Crippen LogP contribution < -0.4 is 5.32 Å². The second kappa shape index (κ2) is 6.42. The van der Waals surface area contributed by atoms with Gasteiger partial charge < -0.3 is 5.32 Å². The van der Waals surface area contributed by atoms with Crippen molar-refractivity contribution >= 4 is 27.3 Å². The lowest BCUT2D eigenvalue weighted by Gasteiger charge is -2.26. The molecule has 3 rings (SSSR count). The van der Waals surface area contributed by atoms with Gasteiger partial charge in [-0.2, -0.15) is 0 Å². The van der Waals surface area contributed by atoms with E-state index < -0.39 is 0 Å². The predicted molar refractivity (Wildman–Crippen MR) is 90.4 cm³/mol. The number of rotatable bonds is 3. The molecule has 0 bridgehead atoms. The van der Waals surface area contributed by atoms with Crippen LogP contribution in [0.5, 0.6) is 0 Å². The van der Waals surface area contributed by atoms with Crippen molar-refractivity contribution in [2.45, 2.75) is 31.7 Å². The second-order valence-corrected chi connectivity index (χ2v) is 7.46. The highest BCUT2D eigenvalue weighted by Crippen LogP contribution is 2.36. The maximum Gasteiger partial charge on any atom is 0.0352 e. The smallest absolute Gasteiger partial charge is 0.0352 e. The van der Waals surface area contributed by atoms with E-state index in [1.165, 1.54) is 46.2 Å². The zero-order valence-electron chi connectivity index (χ0n) is 11.7. The summed E-state index contributed by atoms with van der Waals surface area (Å²) < 4.78 is 1.22. The van der Waals surface area contributed by atoms with Crippen LogP contribution in [0.4, 0.5) is 0 Å². The normalized spacial score (nSPS) is 22.3. The van der Waals surface area contributed by atoms with Crippen LogP contribution in [0.15, 0.2) is 40.2 Å². The third-order valence-electron chi connectivity index (χ3n) is 4.28. The van der Waals surface area contributed by atoms with E-state index >= 15 is 0 Å². The van der Waals surface area contributed by atoms with Gasteiger partial charge in [-0.15, -0.1) is 11.3 Å². The highest BCUT2D eigenvalue weighted by atomic mass is 79.9. The summed E-state index contributed by atoms with van der Waals surface area (Å²) in [5, 5.41) is 5.76. The molecule has 2 atom stereocenters. The van der Waals surface area contributed by atoms with E-state index in [1.807, 2.05) is 11.3 Å². The van der Waals surface area contributed by atoms with Gasteiger partial charge in [0.25, 0.3) is 0 Å². The van der Waals surface area contributed by atoms with Crippen molar-refractivity contribution < 1.29 is 0 Å². The van der Waals surface area contributed by atoms with E-state index in [0.717, 1.165) is 0 Å². The molecule has 0 fully saturated rings. The summed E-state index contributed by atoms with van der Waals surface area (Å²) in [6.07, 6.45) is 5.00. The second-order valence-electron chi connectivity index (χ2n) is 5.55. The SMILES string of the molecule is CNC1c2ccccc2CCCC1Cc1cc(Br)cs1. The van der Waals surface area contributed by atoms with Gasteiger partial charge in [0.1, 0.15) is 0 Å². The molecule has 1 aromatic carbocycles. The molecule has 20 heavy (non-hydrogen) atoms. The van der Waals surface area contributed by atoms with Gasteiger partial charge in [-0.1, -0.05) is 24.3 Å². The summed E-state index contributed by atoms with van der Waals surface area (Å²) in [7, 11) is 2.10. The van der Waals surface area contributed by atoms with Crippen LogP contribution in [0.2, 0.25) is 0 Å². The Morgan fingerprint density at radius 3 is 2.95 bits per heavy atom. The number of hydrogen-bond donors (Lipinski definition) is 1. The fourth-order valence-electron chi connectivity index (χ4n) is 3.37. The van der Waals surface area contributed by atoms with Crippen LogP contribution in [0.3, 0.4) is 0 Å². The number of halogens is 1. The highest BCUT2D eigenvalue weighted by Gasteiger charge is 2.26. The average molecular weight is 350 g/mol. The number of thiophene rings is 1. The van der Waals surface area contributed by atoms with Crippen molar-refractivity contribution in [1.82, 2.24) is 5.32 Å². The van der Waals surface area contributed by atoms with E-state index in [9.17, 15) is 0 Å². The number of benzene rings is 1. The minimum atomic E-state index is 0.481. The van der Waals surface area contributed by atoms with Gasteiger partial charge in [0.15, 0.2) is 0 Å². The Balaban J connectivity index is 1.87. The lowest BCUT2D eigenvalue weighted by Crippen LogP contribution is -2.26. The molecule has 1 nitrogen and oxygen atoms in total. The number of nitrogens with one attached hydrogen (secondary N) is 1. The standard InChI is InChI=1S/C17H20BrNS/c1-19-17-13(9-15-10-14(18)11-20-15)7-4-6-12-5-2-3-8-16(12)17/h2-3,5,8,10-11,13,17,19H,4,6-7,9H2,1H3. The van der Waals surface area contributed by atoms with E-state index in [1.54, 1.807) is 0 Å². The monoisotopic (exact) mass is 349 g/mol. The first-order valence-electron chi connectivity index (χ1n) is 7.26. The fourth-order valence-corrected chi connectivity index (χ4v) is 4.92. The van der Waals surface area contributed by atoms with Gasteiger partial charge in [-0.05, 0) is 71.8 Å². The molecule has 1 N–H and O–H groups in total. The van der Waals surface area contributed by atoms with Crippen molar-refractivity contribution in [2.24, 2.45) is 5.92 Å².